The van der Waals surface area contributed by atoms with Crippen LogP contribution in [0.25, 0.3) is 0 Å². The van der Waals surface area contributed by atoms with Crippen molar-refractivity contribution in [2.75, 3.05) is 29.9 Å². The van der Waals surface area contributed by atoms with Crippen LogP contribution in [0.1, 0.15) is 18.9 Å². The van der Waals surface area contributed by atoms with Gasteiger partial charge in [0.25, 0.3) is 0 Å². The molecule has 5 N–H and O–H groups in total. The van der Waals surface area contributed by atoms with E-state index < -0.39 is 18.1 Å². The molecule has 0 fully saturated rings. The molecule has 0 amide bonds. The summed E-state index contributed by atoms with van der Waals surface area (Å²) in [5.41, 5.74) is 8.29. The van der Waals surface area contributed by atoms with E-state index in [1.54, 1.807) is 0 Å². The zero-order valence-corrected chi connectivity index (χ0v) is 13.5. The Hall–Kier alpha value is -2.12. The van der Waals surface area contributed by atoms with Gasteiger partial charge in [0.05, 0.1) is 25.1 Å². The van der Waals surface area contributed by atoms with Crippen molar-refractivity contribution in [3.63, 3.8) is 0 Å². The van der Waals surface area contributed by atoms with Crippen LogP contribution in [0.5, 0.6) is 0 Å². The number of aldehydes is 1. The van der Waals surface area contributed by atoms with Gasteiger partial charge in [-0.1, -0.05) is 0 Å². The minimum atomic E-state index is -1.02. The number of aliphatic hydroxyl groups is 1. The van der Waals surface area contributed by atoms with Crippen molar-refractivity contribution < 1.29 is 19.8 Å². The van der Waals surface area contributed by atoms with E-state index in [0.29, 0.717) is 12.8 Å². The Labute approximate surface area is 136 Å². The smallest absolute Gasteiger partial charge is 0.305 e. The minimum Gasteiger partial charge on any atom is -0.481 e. The summed E-state index contributed by atoms with van der Waals surface area (Å²) >= 11 is 0. The summed E-state index contributed by atoms with van der Waals surface area (Å²) in [5.74, 6) is -1.02. The molecule has 1 rings (SSSR count). The van der Waals surface area contributed by atoms with Crippen LogP contribution in [-0.4, -0.2) is 54.2 Å². The number of likely N-dealkylation sites (N-methyl/N-ethyl adjacent to an activating group) is 1. The van der Waals surface area contributed by atoms with E-state index in [2.05, 4.69) is 5.32 Å². The van der Waals surface area contributed by atoms with Gasteiger partial charge in [-0.25, -0.2) is 0 Å². The third kappa shape index (κ3) is 5.54. The maximum atomic E-state index is 10.9. The number of carboxylic acid groups (broad SMARTS) is 1. The molecule has 1 unspecified atom stereocenters. The predicted molar refractivity (Wildman–Crippen MR) is 89.9 cm³/mol. The second-order valence-corrected chi connectivity index (χ2v) is 5.36. The Bertz CT molecular complexity index is 536. The van der Waals surface area contributed by atoms with E-state index in [9.17, 15) is 9.59 Å². The van der Waals surface area contributed by atoms with E-state index in [4.69, 9.17) is 15.9 Å². The molecule has 1 aromatic carbocycles. The van der Waals surface area contributed by atoms with Gasteiger partial charge in [-0.3, -0.25) is 4.79 Å². The number of aliphatic hydroxyl groups excluding tert-OH is 1. The second-order valence-electron chi connectivity index (χ2n) is 5.36. The van der Waals surface area contributed by atoms with E-state index in [1.165, 1.54) is 0 Å². The summed E-state index contributed by atoms with van der Waals surface area (Å²) in [6, 6.07) is 4.10. The predicted octanol–water partition coefficient (Wildman–Crippen LogP) is 0.595. The molecular weight excluding hydrogens is 298 g/mol. The molecule has 0 aliphatic carbocycles. The Kier molecular flexibility index (Phi) is 7.50. The van der Waals surface area contributed by atoms with Gasteiger partial charge in [-0.2, -0.15) is 0 Å². The maximum Gasteiger partial charge on any atom is 0.305 e. The highest BCUT2D eigenvalue weighted by Gasteiger charge is 2.21. The van der Waals surface area contributed by atoms with Gasteiger partial charge in [0, 0.05) is 24.5 Å². The third-order valence-electron chi connectivity index (χ3n) is 3.68. The molecule has 2 atom stereocenters. The monoisotopic (exact) mass is 323 g/mol. The molecule has 0 bridgehead atoms. The van der Waals surface area contributed by atoms with Gasteiger partial charge in [0.2, 0.25) is 0 Å². The Morgan fingerprint density at radius 2 is 2.17 bits per heavy atom. The lowest BCUT2D eigenvalue weighted by Gasteiger charge is -2.25. The molecular formula is C16H25N3O4. The SMILES string of the molecule is CCN(CCO)c1ccc(NC(CC(=O)O)[C@H](N)C=O)c(C)c1. The molecule has 0 saturated heterocycles. The summed E-state index contributed by atoms with van der Waals surface area (Å²) in [7, 11) is 0. The molecule has 7 heteroatoms. The Morgan fingerprint density at radius 3 is 2.65 bits per heavy atom. The van der Waals surface area contributed by atoms with Gasteiger partial charge in [0.15, 0.2) is 0 Å². The summed E-state index contributed by atoms with van der Waals surface area (Å²) < 4.78 is 0. The molecule has 0 aromatic heterocycles. The number of hydrogen-bond acceptors (Lipinski definition) is 6. The number of nitrogens with two attached hydrogens (primary N) is 1. The van der Waals surface area contributed by atoms with Crippen LogP contribution in [0, 0.1) is 6.92 Å². The van der Waals surface area contributed by atoms with Crippen molar-refractivity contribution in [1.82, 2.24) is 0 Å². The van der Waals surface area contributed by atoms with E-state index in [0.717, 1.165) is 23.5 Å². The Balaban J connectivity index is 2.95. The van der Waals surface area contributed by atoms with E-state index in [-0.39, 0.29) is 13.0 Å². The second kappa shape index (κ2) is 9.12. The maximum absolute atomic E-state index is 10.9. The number of nitrogens with zero attached hydrogens (tertiary/aromatic N) is 1. The van der Waals surface area contributed by atoms with Gasteiger partial charge in [-0.15, -0.1) is 0 Å². The van der Waals surface area contributed by atoms with Crippen molar-refractivity contribution in [2.45, 2.75) is 32.4 Å². The van der Waals surface area contributed by atoms with Crippen LogP contribution >= 0.6 is 0 Å². The number of aliphatic carboxylic acids is 1. The largest absolute Gasteiger partial charge is 0.481 e. The highest BCUT2D eigenvalue weighted by atomic mass is 16.4. The van der Waals surface area contributed by atoms with Crippen LogP contribution in [0.15, 0.2) is 18.2 Å². The van der Waals surface area contributed by atoms with E-state index in [1.807, 2.05) is 36.9 Å². The number of carboxylic acids is 1. The summed E-state index contributed by atoms with van der Waals surface area (Å²) in [4.78, 5) is 23.8. The fourth-order valence-electron chi connectivity index (χ4n) is 2.36. The molecule has 0 saturated carbocycles. The highest BCUT2D eigenvalue weighted by molar-refractivity contribution is 5.72. The quantitative estimate of drug-likeness (QED) is 0.466. The first-order valence-corrected chi connectivity index (χ1v) is 7.58. The molecule has 128 valence electrons. The number of hydrogen-bond donors (Lipinski definition) is 4. The molecule has 0 aliphatic heterocycles. The van der Waals surface area contributed by atoms with Gasteiger partial charge in [0.1, 0.15) is 6.29 Å². The number of carbonyl (C=O) groups is 2. The standard InChI is InChI=1S/C16H25N3O4/c1-3-19(6-7-20)12-4-5-14(11(2)8-12)18-15(9-16(22)23)13(17)10-21/h4-5,8,10,13,15,18,20H,3,6-7,9,17H2,1-2H3,(H,22,23)/t13-,15?/m1/s1. The topological polar surface area (TPSA) is 116 Å². The van der Waals surface area contributed by atoms with Crippen molar-refractivity contribution in [2.24, 2.45) is 5.73 Å². The zero-order chi connectivity index (χ0) is 17.4. The zero-order valence-electron chi connectivity index (χ0n) is 13.5. The lowest BCUT2D eigenvalue weighted by molar-refractivity contribution is -0.137. The lowest BCUT2D eigenvalue weighted by Crippen LogP contribution is -2.43. The average Bonchev–Trinajstić information content (AvgIpc) is 2.52. The van der Waals surface area contributed by atoms with Crippen molar-refractivity contribution in [3.05, 3.63) is 23.8 Å². The molecule has 1 aromatic rings. The molecule has 0 spiro atoms. The molecule has 0 aliphatic rings. The van der Waals surface area contributed by atoms with E-state index >= 15 is 0 Å². The van der Waals surface area contributed by atoms with Crippen LogP contribution in [0.2, 0.25) is 0 Å². The number of carbonyl (C=O) groups excluding carboxylic acids is 1. The van der Waals surface area contributed by atoms with Gasteiger partial charge in [-0.05, 0) is 37.6 Å². The first kappa shape index (κ1) is 18.9. The fraction of sp³-hybridized carbons (Fsp3) is 0.500. The summed E-state index contributed by atoms with van der Waals surface area (Å²) in [6.07, 6.45) is 0.303. The van der Waals surface area contributed by atoms with Gasteiger partial charge >= 0.3 is 5.97 Å². The van der Waals surface area contributed by atoms with Crippen LogP contribution in [0.4, 0.5) is 11.4 Å². The number of aryl methyl sites for hydroxylation is 1. The van der Waals surface area contributed by atoms with Crippen LogP contribution in [0.3, 0.4) is 0 Å². The molecule has 23 heavy (non-hydrogen) atoms. The van der Waals surface area contributed by atoms with Crippen molar-refractivity contribution in [1.29, 1.82) is 0 Å². The normalized spacial score (nSPS) is 13.2. The third-order valence-corrected chi connectivity index (χ3v) is 3.68. The number of anilines is 2. The molecule has 0 heterocycles. The first-order valence-electron chi connectivity index (χ1n) is 7.58. The summed E-state index contributed by atoms with van der Waals surface area (Å²) in [5, 5.41) is 21.1. The number of benzene rings is 1. The number of rotatable bonds is 10. The average molecular weight is 323 g/mol. The molecule has 7 nitrogen and oxygen atoms in total. The summed E-state index contributed by atoms with van der Waals surface area (Å²) in [6.45, 7) is 5.28. The first-order chi connectivity index (χ1) is 10.9. The number of nitrogens with one attached hydrogen (secondary N) is 1. The van der Waals surface area contributed by atoms with Crippen LogP contribution in [-0.2, 0) is 9.59 Å². The van der Waals surface area contributed by atoms with Crippen LogP contribution < -0.4 is 16.0 Å². The lowest BCUT2D eigenvalue weighted by atomic mass is 10.0. The minimum absolute atomic E-state index is 0.0712. The molecule has 0 radical (unpaired) electrons. The van der Waals surface area contributed by atoms with Gasteiger partial charge < -0.3 is 31.0 Å². The Morgan fingerprint density at radius 1 is 1.48 bits per heavy atom. The highest BCUT2D eigenvalue weighted by Crippen LogP contribution is 2.24. The fourth-order valence-corrected chi connectivity index (χ4v) is 2.36. The van der Waals surface area contributed by atoms with Crippen molar-refractivity contribution in [3.8, 4) is 0 Å². The van der Waals surface area contributed by atoms with Crippen molar-refractivity contribution >= 4 is 23.6 Å².